The lowest BCUT2D eigenvalue weighted by atomic mass is 9.93. The van der Waals surface area contributed by atoms with Gasteiger partial charge in [0.25, 0.3) is 0 Å². The Balaban J connectivity index is 2.17. The summed E-state index contributed by atoms with van der Waals surface area (Å²) in [5, 5.41) is 11.1. The van der Waals surface area contributed by atoms with E-state index in [0.717, 1.165) is 25.7 Å². The van der Waals surface area contributed by atoms with Crippen LogP contribution >= 0.6 is 22.6 Å². The summed E-state index contributed by atoms with van der Waals surface area (Å²) in [6.07, 6.45) is 5.19. The van der Waals surface area contributed by atoms with Crippen molar-refractivity contribution in [3.8, 4) is 0 Å². The summed E-state index contributed by atoms with van der Waals surface area (Å²) in [5.74, 6) is 5.08. The quantitative estimate of drug-likeness (QED) is 0.300. The monoisotopic (exact) mass is 476 g/mol. The zero-order chi connectivity index (χ0) is 18.2. The third kappa shape index (κ3) is 3.56. The molecule has 0 amide bonds. The van der Waals surface area contributed by atoms with E-state index in [9.17, 15) is 18.3 Å². The van der Waals surface area contributed by atoms with E-state index in [1.807, 2.05) is 0 Å². The molecule has 1 aromatic rings. The van der Waals surface area contributed by atoms with Crippen LogP contribution in [0.25, 0.3) is 5.70 Å². The maximum absolute atomic E-state index is 12.7. The fourth-order valence-corrected chi connectivity index (χ4v) is 6.11. The van der Waals surface area contributed by atoms with E-state index >= 15 is 0 Å². The summed E-state index contributed by atoms with van der Waals surface area (Å²) in [4.78, 5) is 11.8. The Labute approximate surface area is 161 Å². The van der Waals surface area contributed by atoms with Gasteiger partial charge in [-0.05, 0) is 24.5 Å². The smallest absolute Gasteiger partial charge is 0.320 e. The fraction of sp³-hybridized carbons (Fsp3) is 0.471. The molecular formula is C17H21IN2O4S. The van der Waals surface area contributed by atoms with E-state index < -0.39 is 19.7 Å². The number of carbonyl (C=O) groups is 1. The van der Waals surface area contributed by atoms with E-state index in [4.69, 9.17) is 5.84 Å². The molecule has 3 N–H and O–H groups in total. The van der Waals surface area contributed by atoms with E-state index in [2.05, 4.69) is 0 Å². The number of hydrazine groups is 1. The molecule has 0 aromatic heterocycles. The maximum atomic E-state index is 12.7. The largest absolute Gasteiger partial charge is 0.480 e. The number of carboxylic acids is 1. The minimum Gasteiger partial charge on any atom is -0.480 e. The Morgan fingerprint density at radius 3 is 2.52 bits per heavy atom. The molecule has 1 aliphatic carbocycles. The molecule has 1 unspecified atom stereocenters. The Hall–Kier alpha value is -1.13. The van der Waals surface area contributed by atoms with Crippen molar-refractivity contribution < 1.29 is 18.3 Å². The zero-order valence-electron chi connectivity index (χ0n) is 13.7. The molecule has 0 saturated heterocycles. The number of alkyl halides is 1. The molecule has 1 heterocycles. The number of nitrogens with zero attached hydrogens (tertiary/aromatic N) is 1. The normalized spacial score (nSPS) is 21.5. The minimum absolute atomic E-state index is 0.102. The number of hydrogen-bond donors (Lipinski definition) is 2. The lowest BCUT2D eigenvalue weighted by Crippen LogP contribution is -2.44. The number of halogens is 1. The molecule has 3 rings (SSSR count). The summed E-state index contributed by atoms with van der Waals surface area (Å²) in [6, 6.07) is 6.83. The second kappa shape index (κ2) is 7.24. The second-order valence-corrected chi connectivity index (χ2v) is 9.73. The Morgan fingerprint density at radius 1 is 1.24 bits per heavy atom. The van der Waals surface area contributed by atoms with Crippen molar-refractivity contribution in [1.29, 1.82) is 0 Å². The van der Waals surface area contributed by atoms with Crippen LogP contribution in [-0.4, -0.2) is 40.2 Å². The van der Waals surface area contributed by atoms with Crippen molar-refractivity contribution in [3.05, 3.63) is 35.4 Å². The standard InChI is InChI=1S/C17H21IN2O4S/c18-15(17(21)22)13-10-25(23,24)14-9-5-4-8-12(14)16(13)20(19)11-6-2-1-3-7-11/h4-5,8-9,11,15H,1-3,6-7,10,19H2,(H,21,22). The number of carboxylic acid groups (broad SMARTS) is 1. The molecule has 0 bridgehead atoms. The molecular weight excluding hydrogens is 455 g/mol. The van der Waals surface area contributed by atoms with Crippen LogP contribution in [0.15, 0.2) is 34.7 Å². The molecule has 1 saturated carbocycles. The van der Waals surface area contributed by atoms with Crippen molar-refractivity contribution in [1.82, 2.24) is 5.01 Å². The highest BCUT2D eigenvalue weighted by molar-refractivity contribution is 14.1. The highest BCUT2D eigenvalue weighted by atomic mass is 127. The van der Waals surface area contributed by atoms with Gasteiger partial charge in [-0.2, -0.15) is 0 Å². The van der Waals surface area contributed by atoms with Gasteiger partial charge in [-0.1, -0.05) is 60.1 Å². The van der Waals surface area contributed by atoms with E-state index in [1.54, 1.807) is 51.9 Å². The number of rotatable bonds is 4. The molecule has 1 aliphatic heterocycles. The van der Waals surface area contributed by atoms with Crippen molar-refractivity contribution in [2.75, 3.05) is 5.75 Å². The predicted molar refractivity (Wildman–Crippen MR) is 104 cm³/mol. The molecule has 25 heavy (non-hydrogen) atoms. The number of fused-ring (bicyclic) bond motifs is 1. The highest BCUT2D eigenvalue weighted by Gasteiger charge is 2.38. The molecule has 1 fully saturated rings. The highest BCUT2D eigenvalue weighted by Crippen LogP contribution is 2.39. The molecule has 2 aliphatic rings. The average molecular weight is 476 g/mol. The first-order valence-electron chi connectivity index (χ1n) is 8.29. The summed E-state index contributed by atoms with van der Waals surface area (Å²) in [7, 11) is -3.58. The predicted octanol–water partition coefficient (Wildman–Crippen LogP) is 2.58. The first-order chi connectivity index (χ1) is 11.8. The number of nitrogens with two attached hydrogens (primary N) is 1. The molecule has 0 spiro atoms. The second-order valence-electron chi connectivity index (χ2n) is 6.53. The van der Waals surface area contributed by atoms with Crippen molar-refractivity contribution >= 4 is 44.1 Å². The van der Waals surface area contributed by atoms with Crippen LogP contribution in [0.5, 0.6) is 0 Å². The van der Waals surface area contributed by atoms with Gasteiger partial charge in [0, 0.05) is 11.6 Å². The van der Waals surface area contributed by atoms with Crippen LogP contribution < -0.4 is 5.84 Å². The van der Waals surface area contributed by atoms with Gasteiger partial charge in [0.1, 0.15) is 3.92 Å². The lowest BCUT2D eigenvalue weighted by Gasteiger charge is -2.38. The van der Waals surface area contributed by atoms with Crippen molar-refractivity contribution in [2.45, 2.75) is 47.0 Å². The number of hydrogen-bond acceptors (Lipinski definition) is 5. The van der Waals surface area contributed by atoms with Gasteiger partial charge in [0.2, 0.25) is 0 Å². The summed E-state index contributed by atoms with van der Waals surface area (Å²) >= 11 is 1.78. The van der Waals surface area contributed by atoms with E-state index in [-0.39, 0.29) is 16.7 Å². The van der Waals surface area contributed by atoms with Crippen LogP contribution in [-0.2, 0) is 14.6 Å². The van der Waals surface area contributed by atoms with Crippen molar-refractivity contribution in [2.24, 2.45) is 5.84 Å². The summed E-state index contributed by atoms with van der Waals surface area (Å²) in [6.45, 7) is 0. The average Bonchev–Trinajstić information content (AvgIpc) is 2.61. The van der Waals surface area contributed by atoms with Gasteiger partial charge >= 0.3 is 5.97 Å². The zero-order valence-corrected chi connectivity index (χ0v) is 16.7. The molecule has 136 valence electrons. The van der Waals surface area contributed by atoms with Crippen LogP contribution in [0, 0.1) is 0 Å². The van der Waals surface area contributed by atoms with E-state index in [1.165, 1.54) is 6.42 Å². The van der Waals surface area contributed by atoms with Crippen LogP contribution in [0.2, 0.25) is 0 Å². The van der Waals surface area contributed by atoms with E-state index in [0.29, 0.717) is 16.8 Å². The minimum atomic E-state index is -3.58. The summed E-state index contributed by atoms with van der Waals surface area (Å²) in [5.41, 5.74) is 1.44. The van der Waals surface area contributed by atoms with Crippen LogP contribution in [0.1, 0.15) is 37.7 Å². The third-order valence-corrected chi connectivity index (χ3v) is 7.88. The lowest BCUT2D eigenvalue weighted by molar-refractivity contribution is -0.135. The molecule has 8 heteroatoms. The first kappa shape index (κ1) is 18.7. The van der Waals surface area contributed by atoms with Gasteiger partial charge in [0.15, 0.2) is 9.84 Å². The van der Waals surface area contributed by atoms with Gasteiger partial charge < -0.3 is 10.1 Å². The molecule has 1 atom stereocenters. The first-order valence-corrected chi connectivity index (χ1v) is 11.2. The van der Waals surface area contributed by atoms with Crippen LogP contribution in [0.3, 0.4) is 0 Å². The number of benzene rings is 1. The fourth-order valence-electron chi connectivity index (χ4n) is 3.65. The number of sulfone groups is 1. The van der Waals surface area contributed by atoms with Gasteiger partial charge in [-0.25, -0.2) is 14.3 Å². The molecule has 1 aromatic carbocycles. The van der Waals surface area contributed by atoms with Crippen molar-refractivity contribution in [3.63, 3.8) is 0 Å². The molecule has 6 nitrogen and oxygen atoms in total. The van der Waals surface area contributed by atoms with Crippen LogP contribution in [0.4, 0.5) is 0 Å². The van der Waals surface area contributed by atoms with Gasteiger partial charge in [0.05, 0.1) is 16.3 Å². The molecule has 0 radical (unpaired) electrons. The Bertz CT molecular complexity index is 816. The SMILES string of the molecule is NN(C1=C(C(I)C(=O)O)CS(=O)(=O)c2ccccc21)C1CCCCC1. The maximum Gasteiger partial charge on any atom is 0.320 e. The Kier molecular flexibility index (Phi) is 5.40. The Morgan fingerprint density at radius 2 is 1.88 bits per heavy atom. The van der Waals surface area contributed by atoms with Gasteiger partial charge in [-0.15, -0.1) is 0 Å². The third-order valence-electron chi connectivity index (χ3n) is 4.88. The summed E-state index contributed by atoms with van der Waals surface area (Å²) < 4.78 is 24.4. The topological polar surface area (TPSA) is 101 Å². The number of aliphatic carboxylic acids is 1. The van der Waals surface area contributed by atoms with Gasteiger partial charge in [-0.3, -0.25) is 4.79 Å².